The topological polar surface area (TPSA) is 41.6 Å². The average Bonchev–Trinajstić information content (AvgIpc) is 2.38. The molecule has 1 aromatic rings. The number of nitrogens with zero attached hydrogens (tertiary/aromatic N) is 1. The van der Waals surface area contributed by atoms with Crippen LogP contribution in [0.4, 0.5) is 4.79 Å². The normalized spacial score (nSPS) is 21.0. The van der Waals surface area contributed by atoms with Crippen molar-refractivity contribution < 1.29 is 9.53 Å². The number of carbonyl (C=O) groups is 1. The molecule has 1 N–H and O–H groups in total. The third-order valence-corrected chi connectivity index (χ3v) is 3.71. The molecular weight excluding hydrogens is 308 g/mol. The molecule has 1 aliphatic heterocycles. The van der Waals surface area contributed by atoms with Crippen LogP contribution in [0.2, 0.25) is 0 Å². The fourth-order valence-electron chi connectivity index (χ4n) is 2.14. The first-order chi connectivity index (χ1) is 9.06. The molecule has 0 saturated carbocycles. The van der Waals surface area contributed by atoms with E-state index in [-0.39, 0.29) is 18.2 Å². The molecule has 0 spiro atoms. The van der Waals surface area contributed by atoms with Gasteiger partial charge in [-0.25, -0.2) is 4.79 Å². The first kappa shape index (κ1) is 14.3. The minimum Gasteiger partial charge on any atom is -0.375 e. The van der Waals surface area contributed by atoms with E-state index in [0.29, 0.717) is 19.7 Å². The van der Waals surface area contributed by atoms with Crippen molar-refractivity contribution in [1.29, 1.82) is 0 Å². The Bertz CT molecular complexity index is 453. The molecule has 0 aromatic heterocycles. The summed E-state index contributed by atoms with van der Waals surface area (Å²) >= 11 is 3.44. The zero-order valence-corrected chi connectivity index (χ0v) is 12.8. The summed E-state index contributed by atoms with van der Waals surface area (Å²) in [4.78, 5) is 14.0. The highest BCUT2D eigenvalue weighted by Crippen LogP contribution is 2.18. The second-order valence-electron chi connectivity index (χ2n) is 4.85. The third kappa shape index (κ3) is 3.94. The van der Waals surface area contributed by atoms with Gasteiger partial charge >= 0.3 is 6.03 Å². The highest BCUT2D eigenvalue weighted by molar-refractivity contribution is 9.10. The molecule has 0 radical (unpaired) electrons. The van der Waals surface area contributed by atoms with Gasteiger partial charge in [-0.05, 0) is 31.5 Å². The van der Waals surface area contributed by atoms with Crippen molar-refractivity contribution in [3.05, 3.63) is 34.3 Å². The lowest BCUT2D eigenvalue weighted by atomic mass is 10.1. The van der Waals surface area contributed by atoms with Gasteiger partial charge < -0.3 is 15.0 Å². The van der Waals surface area contributed by atoms with Gasteiger partial charge in [-0.1, -0.05) is 28.1 Å². The number of hydrogen-bond acceptors (Lipinski definition) is 2. The second kappa shape index (κ2) is 6.39. The Kier molecular flexibility index (Phi) is 4.82. The third-order valence-electron chi connectivity index (χ3n) is 3.22. The number of morpholine rings is 1. The van der Waals surface area contributed by atoms with Gasteiger partial charge in [-0.15, -0.1) is 0 Å². The van der Waals surface area contributed by atoms with Gasteiger partial charge in [-0.3, -0.25) is 0 Å². The molecular formula is C14H19BrN2O2. The Balaban J connectivity index is 1.94. The van der Waals surface area contributed by atoms with E-state index >= 15 is 0 Å². The fourth-order valence-corrected chi connectivity index (χ4v) is 2.56. The van der Waals surface area contributed by atoms with Crippen molar-refractivity contribution in [2.24, 2.45) is 0 Å². The summed E-state index contributed by atoms with van der Waals surface area (Å²) < 4.78 is 6.46. The number of hydrogen-bond donors (Lipinski definition) is 1. The summed E-state index contributed by atoms with van der Waals surface area (Å²) in [7, 11) is 0. The molecule has 1 heterocycles. The molecule has 2 rings (SSSR count). The van der Waals surface area contributed by atoms with E-state index in [1.165, 1.54) is 0 Å². The smallest absolute Gasteiger partial charge is 0.318 e. The van der Waals surface area contributed by atoms with Crippen LogP contribution >= 0.6 is 15.9 Å². The number of halogens is 1. The van der Waals surface area contributed by atoms with Crippen molar-refractivity contribution in [2.45, 2.75) is 26.0 Å². The summed E-state index contributed by atoms with van der Waals surface area (Å²) in [6.07, 6.45) is 0.112. The van der Waals surface area contributed by atoms with Crippen molar-refractivity contribution in [1.82, 2.24) is 10.2 Å². The van der Waals surface area contributed by atoms with E-state index in [4.69, 9.17) is 4.74 Å². The molecule has 0 bridgehead atoms. The van der Waals surface area contributed by atoms with Crippen LogP contribution < -0.4 is 5.32 Å². The van der Waals surface area contributed by atoms with Crippen LogP contribution in [0.1, 0.15) is 25.5 Å². The molecule has 19 heavy (non-hydrogen) atoms. The molecule has 1 saturated heterocycles. The summed E-state index contributed by atoms with van der Waals surface area (Å²) in [5.74, 6) is 0. The molecule has 2 atom stereocenters. The molecule has 0 aliphatic carbocycles. The summed E-state index contributed by atoms with van der Waals surface area (Å²) in [5, 5.41) is 3.02. The van der Waals surface area contributed by atoms with Crippen LogP contribution in [-0.4, -0.2) is 36.7 Å². The lowest BCUT2D eigenvalue weighted by molar-refractivity contribution is -0.00380. The number of benzene rings is 1. The second-order valence-corrected chi connectivity index (χ2v) is 5.77. The SMILES string of the molecule is C[C@H]1CN(C(=O)N[C@H](C)c2cccc(Br)c2)CCO1. The molecule has 2 amide bonds. The monoisotopic (exact) mass is 326 g/mol. The molecule has 5 heteroatoms. The van der Waals surface area contributed by atoms with Crippen LogP contribution in [-0.2, 0) is 4.74 Å². The van der Waals surface area contributed by atoms with Gasteiger partial charge in [0.25, 0.3) is 0 Å². The molecule has 4 nitrogen and oxygen atoms in total. The first-order valence-electron chi connectivity index (χ1n) is 6.49. The average molecular weight is 327 g/mol. The maximum Gasteiger partial charge on any atom is 0.318 e. The maximum absolute atomic E-state index is 12.2. The molecule has 0 unspecified atom stereocenters. The van der Waals surface area contributed by atoms with Crippen LogP contribution in [0.3, 0.4) is 0 Å². The molecule has 1 aliphatic rings. The fraction of sp³-hybridized carbons (Fsp3) is 0.500. The van der Waals surface area contributed by atoms with E-state index in [9.17, 15) is 4.79 Å². The summed E-state index contributed by atoms with van der Waals surface area (Å²) in [6, 6.07) is 7.94. The Morgan fingerprint density at radius 1 is 1.58 bits per heavy atom. The van der Waals surface area contributed by atoms with Gasteiger partial charge in [0.05, 0.1) is 18.8 Å². The van der Waals surface area contributed by atoms with Crippen LogP contribution in [0.5, 0.6) is 0 Å². The summed E-state index contributed by atoms with van der Waals surface area (Å²) in [5.41, 5.74) is 1.09. The molecule has 1 aromatic carbocycles. The van der Waals surface area contributed by atoms with Crippen LogP contribution in [0, 0.1) is 0 Å². The van der Waals surface area contributed by atoms with E-state index in [2.05, 4.69) is 21.2 Å². The van der Waals surface area contributed by atoms with Gasteiger partial charge in [0, 0.05) is 17.6 Å². The lowest BCUT2D eigenvalue weighted by Crippen LogP contribution is -2.49. The minimum absolute atomic E-state index is 0.0110. The Hall–Kier alpha value is -1.07. The highest BCUT2D eigenvalue weighted by atomic mass is 79.9. The predicted octanol–water partition coefficient (Wildman–Crippen LogP) is 2.94. The van der Waals surface area contributed by atoms with Crippen molar-refractivity contribution >= 4 is 22.0 Å². The zero-order chi connectivity index (χ0) is 13.8. The van der Waals surface area contributed by atoms with E-state index in [1.54, 1.807) is 0 Å². The quantitative estimate of drug-likeness (QED) is 0.907. The van der Waals surface area contributed by atoms with Crippen LogP contribution in [0.15, 0.2) is 28.7 Å². The number of ether oxygens (including phenoxy) is 1. The van der Waals surface area contributed by atoms with E-state index in [1.807, 2.05) is 43.0 Å². The van der Waals surface area contributed by atoms with Gasteiger partial charge in [0.2, 0.25) is 0 Å². The Labute approximate surface area is 122 Å². The van der Waals surface area contributed by atoms with Crippen molar-refractivity contribution in [3.63, 3.8) is 0 Å². The van der Waals surface area contributed by atoms with Gasteiger partial charge in [0.15, 0.2) is 0 Å². The van der Waals surface area contributed by atoms with Crippen molar-refractivity contribution in [2.75, 3.05) is 19.7 Å². The number of nitrogens with one attached hydrogen (secondary N) is 1. The van der Waals surface area contributed by atoms with Crippen molar-refractivity contribution in [3.8, 4) is 0 Å². The summed E-state index contributed by atoms with van der Waals surface area (Å²) in [6.45, 7) is 5.89. The maximum atomic E-state index is 12.2. The van der Waals surface area contributed by atoms with E-state index < -0.39 is 0 Å². The number of carbonyl (C=O) groups excluding carboxylic acids is 1. The minimum atomic E-state index is -0.0253. The Morgan fingerprint density at radius 3 is 3.05 bits per heavy atom. The largest absolute Gasteiger partial charge is 0.375 e. The number of urea groups is 1. The lowest BCUT2D eigenvalue weighted by Gasteiger charge is -2.32. The highest BCUT2D eigenvalue weighted by Gasteiger charge is 2.22. The predicted molar refractivity (Wildman–Crippen MR) is 78.1 cm³/mol. The van der Waals surface area contributed by atoms with Gasteiger partial charge in [-0.2, -0.15) is 0 Å². The van der Waals surface area contributed by atoms with Gasteiger partial charge in [0.1, 0.15) is 0 Å². The first-order valence-corrected chi connectivity index (χ1v) is 7.28. The van der Waals surface area contributed by atoms with Crippen LogP contribution in [0.25, 0.3) is 0 Å². The Morgan fingerprint density at radius 2 is 2.37 bits per heavy atom. The standard InChI is InChI=1S/C14H19BrN2O2/c1-10-9-17(6-7-19-10)14(18)16-11(2)12-4-3-5-13(15)8-12/h3-5,8,10-11H,6-7,9H2,1-2H3,(H,16,18)/t10-,11+/m0/s1. The molecule has 1 fully saturated rings. The zero-order valence-electron chi connectivity index (χ0n) is 11.2. The molecule has 104 valence electrons. The number of amides is 2. The van der Waals surface area contributed by atoms with E-state index in [0.717, 1.165) is 10.0 Å². The number of rotatable bonds is 2.